The second-order valence-electron chi connectivity index (χ2n) is 5.87. The topological polar surface area (TPSA) is 56.7 Å². The Kier molecular flexibility index (Phi) is 5.50. The second-order valence-corrected chi connectivity index (χ2v) is 7.75. The number of rotatable bonds is 8. The lowest BCUT2D eigenvalue weighted by Crippen LogP contribution is -2.00. The molecule has 136 valence electrons. The number of furan rings is 1. The van der Waals surface area contributed by atoms with Crippen LogP contribution in [0, 0.1) is 0 Å². The predicted octanol–water partition coefficient (Wildman–Crippen LogP) is 5.06. The summed E-state index contributed by atoms with van der Waals surface area (Å²) >= 11 is 3.32. The van der Waals surface area contributed by atoms with Gasteiger partial charge in [0.1, 0.15) is 0 Å². The molecule has 0 spiro atoms. The van der Waals surface area contributed by atoms with Crippen molar-refractivity contribution < 1.29 is 4.42 Å². The average Bonchev–Trinajstić information content (AvgIpc) is 3.42. The van der Waals surface area contributed by atoms with Crippen molar-refractivity contribution >= 4 is 23.1 Å². The highest BCUT2D eigenvalue weighted by molar-refractivity contribution is 7.98. The molecule has 7 heteroatoms. The third-order valence-corrected chi connectivity index (χ3v) is 5.81. The van der Waals surface area contributed by atoms with Gasteiger partial charge in [0.25, 0.3) is 0 Å². The monoisotopic (exact) mass is 394 g/mol. The van der Waals surface area contributed by atoms with Crippen LogP contribution in [-0.2, 0) is 18.7 Å². The van der Waals surface area contributed by atoms with E-state index in [4.69, 9.17) is 9.40 Å². The molecule has 27 heavy (non-hydrogen) atoms. The first-order valence-corrected chi connectivity index (χ1v) is 10.4. The maximum absolute atomic E-state index is 5.47. The molecule has 0 saturated heterocycles. The molecular weight excluding hydrogens is 376 g/mol. The van der Waals surface area contributed by atoms with E-state index in [9.17, 15) is 0 Å². The highest BCUT2D eigenvalue weighted by atomic mass is 32.2. The molecule has 0 atom stereocenters. The fraction of sp³-hybridized carbons (Fsp3) is 0.150. The highest BCUT2D eigenvalue weighted by Gasteiger charge is 2.16. The van der Waals surface area contributed by atoms with Crippen LogP contribution in [0.3, 0.4) is 0 Å². The molecule has 0 amide bonds. The molecule has 0 bridgehead atoms. The third kappa shape index (κ3) is 4.20. The van der Waals surface area contributed by atoms with Gasteiger partial charge in [-0.1, -0.05) is 48.2 Å². The van der Waals surface area contributed by atoms with Gasteiger partial charge in [0.15, 0.2) is 10.9 Å². The molecule has 1 aromatic carbocycles. The maximum Gasteiger partial charge on any atom is 0.200 e. The van der Waals surface area contributed by atoms with Crippen molar-refractivity contribution in [1.29, 1.82) is 0 Å². The molecule has 0 radical (unpaired) electrons. The number of benzene rings is 1. The van der Waals surface area contributed by atoms with Crippen LogP contribution in [0.1, 0.15) is 16.3 Å². The fourth-order valence-electron chi connectivity index (χ4n) is 2.68. The average molecular weight is 395 g/mol. The zero-order chi connectivity index (χ0) is 18.5. The van der Waals surface area contributed by atoms with Crippen LogP contribution in [-0.4, -0.2) is 19.7 Å². The van der Waals surface area contributed by atoms with E-state index in [2.05, 4.69) is 46.4 Å². The Labute approximate surface area is 165 Å². The summed E-state index contributed by atoms with van der Waals surface area (Å²) in [6.07, 6.45) is 4.34. The van der Waals surface area contributed by atoms with Crippen LogP contribution in [0.2, 0.25) is 0 Å². The van der Waals surface area contributed by atoms with E-state index >= 15 is 0 Å². The van der Waals surface area contributed by atoms with Gasteiger partial charge in [0, 0.05) is 24.1 Å². The quantitative estimate of drug-likeness (QED) is 0.309. The number of hydrogen-bond donors (Lipinski definition) is 0. The van der Waals surface area contributed by atoms with Gasteiger partial charge < -0.3 is 4.42 Å². The standard InChI is InChI=1S/C20H18N4OS2/c1-2-10-24-19(17-9-6-11-25-17)22-23-20(24)27-14-16-13-26-18(21-16)12-15-7-4-3-5-8-15/h2-9,11,13H,1,10,12,14H2. The summed E-state index contributed by atoms with van der Waals surface area (Å²) in [7, 11) is 0. The second kappa shape index (κ2) is 8.37. The van der Waals surface area contributed by atoms with Crippen molar-refractivity contribution in [2.45, 2.75) is 23.9 Å². The number of allylic oxidation sites excluding steroid dienone is 1. The molecule has 0 fully saturated rings. The van der Waals surface area contributed by atoms with Crippen molar-refractivity contribution in [3.8, 4) is 11.6 Å². The molecule has 0 saturated carbocycles. The Morgan fingerprint density at radius 2 is 2.04 bits per heavy atom. The van der Waals surface area contributed by atoms with Gasteiger partial charge in [-0.15, -0.1) is 28.1 Å². The Morgan fingerprint density at radius 1 is 1.15 bits per heavy atom. The number of thioether (sulfide) groups is 1. The first kappa shape index (κ1) is 17.8. The summed E-state index contributed by atoms with van der Waals surface area (Å²) in [4.78, 5) is 4.75. The first-order chi connectivity index (χ1) is 13.3. The fourth-order valence-corrected chi connectivity index (χ4v) is 4.46. The van der Waals surface area contributed by atoms with Gasteiger partial charge in [-0.25, -0.2) is 4.98 Å². The summed E-state index contributed by atoms with van der Waals surface area (Å²) in [5.41, 5.74) is 2.34. The molecule has 0 unspecified atom stereocenters. The molecule has 5 nitrogen and oxygen atoms in total. The maximum atomic E-state index is 5.47. The van der Waals surface area contributed by atoms with Crippen molar-refractivity contribution in [2.75, 3.05) is 0 Å². The smallest absolute Gasteiger partial charge is 0.200 e. The van der Waals surface area contributed by atoms with Crippen LogP contribution in [0.15, 0.2) is 76.3 Å². The lowest BCUT2D eigenvalue weighted by molar-refractivity contribution is 0.569. The van der Waals surface area contributed by atoms with E-state index in [-0.39, 0.29) is 0 Å². The van der Waals surface area contributed by atoms with E-state index in [1.807, 2.05) is 28.8 Å². The normalized spacial score (nSPS) is 11.0. The Hall–Kier alpha value is -2.64. The number of hydrogen-bond acceptors (Lipinski definition) is 6. The van der Waals surface area contributed by atoms with Crippen LogP contribution in [0.25, 0.3) is 11.6 Å². The zero-order valence-electron chi connectivity index (χ0n) is 14.6. The van der Waals surface area contributed by atoms with E-state index in [1.165, 1.54) is 5.56 Å². The SMILES string of the molecule is C=CCn1c(SCc2csc(Cc3ccccc3)n2)nnc1-c1ccco1. The number of aromatic nitrogens is 4. The van der Waals surface area contributed by atoms with Crippen LogP contribution in [0.5, 0.6) is 0 Å². The lowest BCUT2D eigenvalue weighted by atomic mass is 10.2. The van der Waals surface area contributed by atoms with E-state index in [1.54, 1.807) is 29.4 Å². The highest BCUT2D eigenvalue weighted by Crippen LogP contribution is 2.27. The number of nitrogens with zero attached hydrogens (tertiary/aromatic N) is 4. The summed E-state index contributed by atoms with van der Waals surface area (Å²) in [5.74, 6) is 2.17. The lowest BCUT2D eigenvalue weighted by Gasteiger charge is -2.05. The molecule has 4 aromatic rings. The predicted molar refractivity (Wildman–Crippen MR) is 109 cm³/mol. The third-order valence-electron chi connectivity index (χ3n) is 3.92. The summed E-state index contributed by atoms with van der Waals surface area (Å²) in [5, 5.41) is 12.7. The molecule has 0 aliphatic rings. The van der Waals surface area contributed by atoms with Crippen molar-refractivity contribution in [3.05, 3.63) is 83.0 Å². The Balaban J connectivity index is 1.45. The summed E-state index contributed by atoms with van der Waals surface area (Å²) in [6.45, 7) is 4.46. The summed E-state index contributed by atoms with van der Waals surface area (Å²) < 4.78 is 7.47. The minimum absolute atomic E-state index is 0.627. The summed E-state index contributed by atoms with van der Waals surface area (Å²) in [6, 6.07) is 14.1. The minimum Gasteiger partial charge on any atom is -0.461 e. The molecule has 3 aromatic heterocycles. The van der Waals surface area contributed by atoms with Gasteiger partial charge in [-0.05, 0) is 17.7 Å². The Morgan fingerprint density at radius 3 is 2.81 bits per heavy atom. The van der Waals surface area contributed by atoms with Crippen molar-refractivity contribution in [3.63, 3.8) is 0 Å². The van der Waals surface area contributed by atoms with Crippen molar-refractivity contribution in [1.82, 2.24) is 19.7 Å². The van der Waals surface area contributed by atoms with Gasteiger partial charge >= 0.3 is 0 Å². The van der Waals surface area contributed by atoms with Crippen molar-refractivity contribution in [2.24, 2.45) is 0 Å². The zero-order valence-corrected chi connectivity index (χ0v) is 16.2. The Bertz CT molecular complexity index is 1010. The van der Waals surface area contributed by atoms with Crippen LogP contribution >= 0.6 is 23.1 Å². The van der Waals surface area contributed by atoms with E-state index in [0.717, 1.165) is 28.0 Å². The molecule has 0 aliphatic heterocycles. The van der Waals surface area contributed by atoms with Crippen LogP contribution in [0.4, 0.5) is 0 Å². The van der Waals surface area contributed by atoms with Gasteiger partial charge in [0.2, 0.25) is 5.82 Å². The van der Waals surface area contributed by atoms with E-state index in [0.29, 0.717) is 18.1 Å². The molecule has 4 rings (SSSR count). The first-order valence-electron chi connectivity index (χ1n) is 8.51. The molecule has 0 aliphatic carbocycles. The molecule has 3 heterocycles. The molecule has 0 N–H and O–H groups in total. The van der Waals surface area contributed by atoms with Gasteiger partial charge in [-0.3, -0.25) is 4.57 Å². The van der Waals surface area contributed by atoms with Crippen LogP contribution < -0.4 is 0 Å². The molecular formula is C20H18N4OS2. The van der Waals surface area contributed by atoms with E-state index < -0.39 is 0 Å². The number of thiazole rings is 1. The van der Waals surface area contributed by atoms with Gasteiger partial charge in [0.05, 0.1) is 17.0 Å². The minimum atomic E-state index is 0.627. The largest absolute Gasteiger partial charge is 0.461 e. The van der Waals surface area contributed by atoms with Gasteiger partial charge in [-0.2, -0.15) is 0 Å².